The van der Waals surface area contributed by atoms with E-state index < -0.39 is 0 Å². The maximum atomic E-state index is 4.63. The lowest BCUT2D eigenvalue weighted by molar-refractivity contribution is -0.658. The van der Waals surface area contributed by atoms with Crippen LogP contribution in [0.15, 0.2) is 54.9 Å². The zero-order chi connectivity index (χ0) is 12.4. The van der Waals surface area contributed by atoms with Crippen LogP contribution in [-0.4, -0.2) is 4.98 Å². The summed E-state index contributed by atoms with van der Waals surface area (Å²) in [5.74, 6) is 0. The van der Waals surface area contributed by atoms with E-state index in [-0.39, 0.29) is 0 Å². The fourth-order valence-electron chi connectivity index (χ4n) is 3.39. The molecule has 0 N–H and O–H groups in total. The first-order valence-electron chi connectivity index (χ1n) is 6.54. The predicted molar refractivity (Wildman–Crippen MR) is 76.1 cm³/mol. The molecule has 0 aliphatic carbocycles. The Morgan fingerprint density at radius 2 is 1.74 bits per heavy atom. The summed E-state index contributed by atoms with van der Waals surface area (Å²) in [6.07, 6.45) is 3.99. The van der Waals surface area contributed by atoms with Gasteiger partial charge in [-0.05, 0) is 10.8 Å². The molecular weight excluding hydrogens is 232 g/mol. The number of rotatable bonds is 0. The van der Waals surface area contributed by atoms with Gasteiger partial charge in [-0.15, -0.1) is 0 Å². The molecule has 1 aliphatic heterocycles. The fourth-order valence-corrected chi connectivity index (χ4v) is 3.39. The summed E-state index contributed by atoms with van der Waals surface area (Å²) in [4.78, 5) is 4.63. The summed E-state index contributed by atoms with van der Waals surface area (Å²) >= 11 is 0. The minimum atomic E-state index is 0.960. The van der Waals surface area contributed by atoms with Gasteiger partial charge in [-0.3, -0.25) is 0 Å². The highest BCUT2D eigenvalue weighted by Gasteiger charge is 2.26. The van der Waals surface area contributed by atoms with Gasteiger partial charge in [-0.2, -0.15) is 4.57 Å². The van der Waals surface area contributed by atoms with Crippen molar-refractivity contribution in [2.45, 2.75) is 6.54 Å². The quantitative estimate of drug-likeness (QED) is 0.301. The highest BCUT2D eigenvalue weighted by molar-refractivity contribution is 6.23. The van der Waals surface area contributed by atoms with Gasteiger partial charge >= 0.3 is 0 Å². The van der Waals surface area contributed by atoms with Crippen molar-refractivity contribution in [3.05, 3.63) is 60.4 Å². The van der Waals surface area contributed by atoms with E-state index in [1.807, 2.05) is 6.20 Å². The minimum absolute atomic E-state index is 0.960. The number of fused-ring (bicyclic) bond motifs is 3. The standard InChI is InChI=1S/C17H11N2/c1-2-6-14-12(5-1)13-7-3-4-11-10-19-9-8-18-16(14)17(19)15(11)13/h1-9H,10H2/q+1. The molecule has 1 aliphatic rings. The van der Waals surface area contributed by atoms with Gasteiger partial charge < -0.3 is 0 Å². The second-order valence-corrected chi connectivity index (χ2v) is 5.14. The Morgan fingerprint density at radius 3 is 2.68 bits per heavy atom. The summed E-state index contributed by atoms with van der Waals surface area (Å²) in [5, 5.41) is 5.28. The van der Waals surface area contributed by atoms with E-state index in [4.69, 9.17) is 0 Å². The highest BCUT2D eigenvalue weighted by Crippen LogP contribution is 2.36. The van der Waals surface area contributed by atoms with Crippen LogP contribution in [0.5, 0.6) is 0 Å². The SMILES string of the molecule is c1ccc2c(c1)c1cccc3c1c1c2ncc[n+]1C3. The highest BCUT2D eigenvalue weighted by atomic mass is 15.0. The van der Waals surface area contributed by atoms with Gasteiger partial charge in [-0.1, -0.05) is 42.5 Å². The lowest BCUT2D eigenvalue weighted by atomic mass is 9.98. The third-order valence-corrected chi connectivity index (χ3v) is 4.16. The monoisotopic (exact) mass is 243 g/mol. The second-order valence-electron chi connectivity index (χ2n) is 5.14. The molecule has 0 fully saturated rings. The van der Waals surface area contributed by atoms with Crippen LogP contribution in [0.1, 0.15) is 5.56 Å². The summed E-state index contributed by atoms with van der Waals surface area (Å²) in [6.45, 7) is 0.960. The number of nitrogens with zero attached hydrogens (tertiary/aromatic N) is 2. The molecule has 0 spiro atoms. The molecule has 4 aromatic rings. The normalized spacial score (nSPS) is 13.1. The molecule has 0 amide bonds. The minimum Gasteiger partial charge on any atom is -0.243 e. The van der Waals surface area contributed by atoms with Gasteiger partial charge in [0.15, 0.2) is 12.7 Å². The Morgan fingerprint density at radius 1 is 0.895 bits per heavy atom. The Bertz CT molecular complexity index is 906. The van der Waals surface area contributed by atoms with Crippen molar-refractivity contribution in [3.63, 3.8) is 0 Å². The van der Waals surface area contributed by atoms with E-state index in [1.54, 1.807) is 0 Å². The molecule has 0 unspecified atom stereocenters. The molecule has 2 nitrogen and oxygen atoms in total. The van der Waals surface area contributed by atoms with E-state index in [2.05, 4.69) is 58.2 Å². The van der Waals surface area contributed by atoms with Crippen LogP contribution in [0, 0.1) is 0 Å². The van der Waals surface area contributed by atoms with Crippen LogP contribution in [0.4, 0.5) is 0 Å². The average molecular weight is 243 g/mol. The molecule has 5 rings (SSSR count). The number of benzene rings is 3. The van der Waals surface area contributed by atoms with Gasteiger partial charge in [0.05, 0.1) is 11.6 Å². The van der Waals surface area contributed by atoms with Gasteiger partial charge in [0.25, 0.3) is 0 Å². The summed E-state index contributed by atoms with van der Waals surface area (Å²) in [7, 11) is 0. The van der Waals surface area contributed by atoms with E-state index >= 15 is 0 Å². The molecule has 1 aromatic heterocycles. The molecule has 0 saturated heterocycles. The fraction of sp³-hybridized carbons (Fsp3) is 0.0588. The predicted octanol–water partition coefficient (Wildman–Crippen LogP) is 3.19. The van der Waals surface area contributed by atoms with Gasteiger partial charge in [0.1, 0.15) is 5.52 Å². The largest absolute Gasteiger partial charge is 0.243 e. The number of aromatic nitrogens is 2. The molecule has 2 heterocycles. The van der Waals surface area contributed by atoms with Crippen molar-refractivity contribution in [2.24, 2.45) is 0 Å². The first kappa shape index (κ1) is 9.45. The molecule has 0 bridgehead atoms. The lowest BCUT2D eigenvalue weighted by Crippen LogP contribution is -2.31. The Hall–Kier alpha value is -2.48. The Balaban J connectivity index is 2.28. The molecule has 19 heavy (non-hydrogen) atoms. The third kappa shape index (κ3) is 1.03. The maximum absolute atomic E-state index is 4.63. The van der Waals surface area contributed by atoms with Crippen molar-refractivity contribution in [2.75, 3.05) is 0 Å². The topological polar surface area (TPSA) is 16.8 Å². The molecule has 2 heteroatoms. The van der Waals surface area contributed by atoms with Crippen molar-refractivity contribution in [1.82, 2.24) is 4.98 Å². The first-order valence-corrected chi connectivity index (χ1v) is 6.54. The van der Waals surface area contributed by atoms with Crippen LogP contribution in [-0.2, 0) is 6.54 Å². The summed E-state index contributed by atoms with van der Waals surface area (Å²) in [5.41, 5.74) is 3.81. The van der Waals surface area contributed by atoms with E-state index in [0.29, 0.717) is 0 Å². The molecule has 0 radical (unpaired) electrons. The molecule has 0 atom stereocenters. The molecule has 88 valence electrons. The zero-order valence-electron chi connectivity index (χ0n) is 10.3. The molecule has 3 aromatic carbocycles. The lowest BCUT2D eigenvalue weighted by Gasteiger charge is -2.04. The molecular formula is C17H11N2+. The van der Waals surface area contributed by atoms with Crippen molar-refractivity contribution >= 4 is 32.6 Å². The van der Waals surface area contributed by atoms with Gasteiger partial charge in [0.2, 0.25) is 5.52 Å². The first-order chi connectivity index (χ1) is 9.43. The van der Waals surface area contributed by atoms with Crippen LogP contribution in [0.25, 0.3) is 32.6 Å². The van der Waals surface area contributed by atoms with Crippen LogP contribution in [0.2, 0.25) is 0 Å². The van der Waals surface area contributed by atoms with Gasteiger partial charge in [-0.25, -0.2) is 4.98 Å². The maximum Gasteiger partial charge on any atom is 0.240 e. The number of hydrogen-bond donors (Lipinski definition) is 0. The second kappa shape index (κ2) is 3.09. The van der Waals surface area contributed by atoms with Crippen LogP contribution >= 0.6 is 0 Å². The van der Waals surface area contributed by atoms with Crippen LogP contribution in [0.3, 0.4) is 0 Å². The summed E-state index contributed by atoms with van der Waals surface area (Å²) < 4.78 is 2.31. The van der Waals surface area contributed by atoms with Crippen LogP contribution < -0.4 is 4.57 Å². The smallest absolute Gasteiger partial charge is 0.240 e. The summed E-state index contributed by atoms with van der Waals surface area (Å²) in [6, 6.07) is 15.2. The van der Waals surface area contributed by atoms with E-state index in [0.717, 1.165) is 12.1 Å². The average Bonchev–Trinajstić information content (AvgIpc) is 2.86. The third-order valence-electron chi connectivity index (χ3n) is 4.16. The van der Waals surface area contributed by atoms with Crippen molar-refractivity contribution < 1.29 is 4.57 Å². The molecule has 0 saturated carbocycles. The number of hydrogen-bond acceptors (Lipinski definition) is 1. The van der Waals surface area contributed by atoms with Crippen molar-refractivity contribution in [1.29, 1.82) is 0 Å². The van der Waals surface area contributed by atoms with E-state index in [1.165, 1.54) is 32.6 Å². The van der Waals surface area contributed by atoms with E-state index in [9.17, 15) is 0 Å². The Kier molecular flexibility index (Phi) is 1.54. The zero-order valence-corrected chi connectivity index (χ0v) is 10.3. The Labute approximate surface area is 109 Å². The van der Waals surface area contributed by atoms with Gasteiger partial charge in [0, 0.05) is 10.9 Å². The van der Waals surface area contributed by atoms with Crippen molar-refractivity contribution in [3.8, 4) is 0 Å².